The molecule has 11 heteroatoms. The minimum atomic E-state index is -4.56. The standard InChI is InChI=1S/C23H21F3N4O4/c1-2-32-15-6-4-14(5-7-15)27-22(31)17-11-21-28-16(10-20(23(24,25)26)30(21)29-17)13-3-8-18-19(9-13)34-12-33-18/h3-9,11,16,20,28H,2,10,12H2,1H3,(H,27,31). The number of aromatic nitrogens is 2. The first-order chi connectivity index (χ1) is 16.3. The molecular formula is C23H21F3N4O4. The zero-order chi connectivity index (χ0) is 23.9. The molecule has 2 N–H and O–H groups in total. The van der Waals surface area contributed by atoms with Crippen molar-refractivity contribution in [3.63, 3.8) is 0 Å². The summed E-state index contributed by atoms with van der Waals surface area (Å²) in [6, 6.07) is 10.5. The first kappa shape index (κ1) is 21.9. The molecule has 3 aromatic rings. The van der Waals surface area contributed by atoms with Crippen LogP contribution in [0.1, 0.15) is 41.5 Å². The fraction of sp³-hybridized carbons (Fsp3) is 0.304. The van der Waals surface area contributed by atoms with Gasteiger partial charge >= 0.3 is 6.18 Å². The molecule has 0 saturated heterocycles. The second-order valence-corrected chi connectivity index (χ2v) is 7.87. The molecule has 2 aliphatic heterocycles. The largest absolute Gasteiger partial charge is 0.494 e. The van der Waals surface area contributed by atoms with E-state index in [2.05, 4.69) is 15.7 Å². The number of nitrogens with zero attached hydrogens (tertiary/aromatic N) is 2. The van der Waals surface area contributed by atoms with Crippen LogP contribution in [0.4, 0.5) is 24.7 Å². The number of hydrogen-bond donors (Lipinski definition) is 2. The van der Waals surface area contributed by atoms with E-state index >= 15 is 0 Å². The van der Waals surface area contributed by atoms with Gasteiger partial charge in [-0.15, -0.1) is 0 Å². The Morgan fingerprint density at radius 2 is 1.94 bits per heavy atom. The van der Waals surface area contributed by atoms with Gasteiger partial charge in [-0.05, 0) is 48.9 Å². The highest BCUT2D eigenvalue weighted by atomic mass is 19.4. The molecule has 2 aromatic carbocycles. The van der Waals surface area contributed by atoms with E-state index in [9.17, 15) is 18.0 Å². The Kier molecular flexibility index (Phi) is 5.46. The fourth-order valence-electron chi connectivity index (χ4n) is 4.03. The van der Waals surface area contributed by atoms with Crippen molar-refractivity contribution in [1.82, 2.24) is 9.78 Å². The van der Waals surface area contributed by atoms with Crippen LogP contribution in [0.3, 0.4) is 0 Å². The number of anilines is 2. The molecule has 8 nitrogen and oxygen atoms in total. The van der Waals surface area contributed by atoms with Gasteiger partial charge in [-0.1, -0.05) is 6.07 Å². The molecule has 1 aromatic heterocycles. The lowest BCUT2D eigenvalue weighted by atomic mass is 9.96. The number of ether oxygens (including phenoxy) is 3. The fourth-order valence-corrected chi connectivity index (χ4v) is 4.03. The molecule has 34 heavy (non-hydrogen) atoms. The van der Waals surface area contributed by atoms with Gasteiger partial charge in [0.25, 0.3) is 5.91 Å². The van der Waals surface area contributed by atoms with Crippen LogP contribution in [-0.4, -0.2) is 35.3 Å². The van der Waals surface area contributed by atoms with Crippen molar-refractivity contribution in [2.45, 2.75) is 31.6 Å². The highest BCUT2D eigenvalue weighted by molar-refractivity contribution is 6.03. The third kappa shape index (κ3) is 4.20. The summed E-state index contributed by atoms with van der Waals surface area (Å²) in [7, 11) is 0. The first-order valence-electron chi connectivity index (χ1n) is 10.7. The van der Waals surface area contributed by atoms with Gasteiger partial charge in [-0.25, -0.2) is 4.68 Å². The Morgan fingerprint density at radius 3 is 2.68 bits per heavy atom. The van der Waals surface area contributed by atoms with E-state index in [1.807, 2.05) is 6.92 Å². The molecule has 0 bridgehead atoms. The predicted octanol–water partition coefficient (Wildman–Crippen LogP) is 4.92. The molecule has 1 amide bonds. The monoisotopic (exact) mass is 474 g/mol. The van der Waals surface area contributed by atoms with Crippen molar-refractivity contribution in [3.8, 4) is 17.2 Å². The molecule has 5 rings (SSSR count). The summed E-state index contributed by atoms with van der Waals surface area (Å²) in [4.78, 5) is 12.7. The number of amides is 1. The van der Waals surface area contributed by atoms with Crippen LogP contribution < -0.4 is 24.8 Å². The topological polar surface area (TPSA) is 86.6 Å². The Bertz CT molecular complexity index is 1210. The summed E-state index contributed by atoms with van der Waals surface area (Å²) in [5.41, 5.74) is 0.960. The summed E-state index contributed by atoms with van der Waals surface area (Å²) in [5, 5.41) is 9.71. The lowest BCUT2D eigenvalue weighted by Gasteiger charge is -2.33. The third-order valence-corrected chi connectivity index (χ3v) is 5.64. The van der Waals surface area contributed by atoms with E-state index in [0.717, 1.165) is 4.68 Å². The molecule has 0 saturated carbocycles. The Labute approximate surface area is 192 Å². The number of halogens is 3. The van der Waals surface area contributed by atoms with Crippen molar-refractivity contribution in [1.29, 1.82) is 0 Å². The summed E-state index contributed by atoms with van der Waals surface area (Å²) >= 11 is 0. The number of fused-ring (bicyclic) bond motifs is 2. The number of nitrogens with one attached hydrogen (secondary N) is 2. The average Bonchev–Trinajstić information content (AvgIpc) is 3.45. The Hall–Kier alpha value is -3.89. The molecule has 0 spiro atoms. The number of carbonyl (C=O) groups excluding carboxylic acids is 1. The molecule has 0 fully saturated rings. The number of rotatable bonds is 5. The molecule has 178 valence electrons. The Morgan fingerprint density at radius 1 is 1.18 bits per heavy atom. The first-order valence-corrected chi connectivity index (χ1v) is 10.7. The zero-order valence-corrected chi connectivity index (χ0v) is 18.1. The number of benzene rings is 2. The van der Waals surface area contributed by atoms with E-state index < -0.39 is 24.2 Å². The molecular weight excluding hydrogens is 453 g/mol. The van der Waals surface area contributed by atoms with Crippen LogP contribution in [0, 0.1) is 0 Å². The van der Waals surface area contributed by atoms with Crippen molar-refractivity contribution in [2.24, 2.45) is 0 Å². The molecule has 2 aliphatic rings. The predicted molar refractivity (Wildman–Crippen MR) is 116 cm³/mol. The second-order valence-electron chi connectivity index (χ2n) is 7.87. The normalized spacial score (nSPS) is 18.7. The highest BCUT2D eigenvalue weighted by Gasteiger charge is 2.47. The summed E-state index contributed by atoms with van der Waals surface area (Å²) in [6.45, 7) is 2.43. The zero-order valence-electron chi connectivity index (χ0n) is 18.1. The van der Waals surface area contributed by atoms with Crippen molar-refractivity contribution < 1.29 is 32.2 Å². The van der Waals surface area contributed by atoms with E-state index in [1.165, 1.54) is 6.07 Å². The Balaban J connectivity index is 1.39. The van der Waals surface area contributed by atoms with Gasteiger partial charge in [0.2, 0.25) is 6.79 Å². The maximum absolute atomic E-state index is 13.9. The van der Waals surface area contributed by atoms with Crippen molar-refractivity contribution in [3.05, 3.63) is 59.8 Å². The molecule has 3 heterocycles. The lowest BCUT2D eigenvalue weighted by Crippen LogP contribution is -2.35. The molecule has 2 unspecified atom stereocenters. The van der Waals surface area contributed by atoms with E-state index in [0.29, 0.717) is 35.1 Å². The lowest BCUT2D eigenvalue weighted by molar-refractivity contribution is -0.173. The van der Waals surface area contributed by atoms with E-state index in [4.69, 9.17) is 14.2 Å². The maximum atomic E-state index is 13.9. The minimum Gasteiger partial charge on any atom is -0.494 e. The van der Waals surface area contributed by atoms with E-state index in [1.54, 1.807) is 42.5 Å². The average molecular weight is 474 g/mol. The van der Waals surface area contributed by atoms with Gasteiger partial charge in [-0.3, -0.25) is 4.79 Å². The van der Waals surface area contributed by atoms with Gasteiger partial charge in [0.05, 0.1) is 12.6 Å². The van der Waals surface area contributed by atoms with Crippen LogP contribution in [0.25, 0.3) is 0 Å². The number of alkyl halides is 3. The van der Waals surface area contributed by atoms with Gasteiger partial charge in [-0.2, -0.15) is 18.3 Å². The highest BCUT2D eigenvalue weighted by Crippen LogP contribution is 2.45. The van der Waals surface area contributed by atoms with Crippen molar-refractivity contribution >= 4 is 17.4 Å². The van der Waals surface area contributed by atoms with Gasteiger partial charge in [0, 0.05) is 18.2 Å². The molecule has 0 aliphatic carbocycles. The van der Waals surface area contributed by atoms with Gasteiger partial charge in [0.15, 0.2) is 23.2 Å². The van der Waals surface area contributed by atoms with Crippen molar-refractivity contribution in [2.75, 3.05) is 24.0 Å². The number of hydrogen-bond acceptors (Lipinski definition) is 6. The summed E-state index contributed by atoms with van der Waals surface area (Å²) in [5.74, 6) is 1.16. The van der Waals surface area contributed by atoms with Crippen LogP contribution in [0.2, 0.25) is 0 Å². The quantitative estimate of drug-likeness (QED) is 0.546. The van der Waals surface area contributed by atoms with E-state index in [-0.39, 0.29) is 24.7 Å². The minimum absolute atomic E-state index is 0.0711. The van der Waals surface area contributed by atoms with Crippen LogP contribution in [0.5, 0.6) is 17.2 Å². The van der Waals surface area contributed by atoms with Gasteiger partial charge in [0.1, 0.15) is 11.6 Å². The van der Waals surface area contributed by atoms with Crippen LogP contribution in [0.15, 0.2) is 48.5 Å². The van der Waals surface area contributed by atoms with Gasteiger partial charge < -0.3 is 24.8 Å². The summed E-state index contributed by atoms with van der Waals surface area (Å²) in [6.07, 6.45) is -4.85. The van der Waals surface area contributed by atoms with Crippen LogP contribution >= 0.6 is 0 Å². The summed E-state index contributed by atoms with van der Waals surface area (Å²) < 4.78 is 58.7. The SMILES string of the molecule is CCOc1ccc(NC(=O)c2cc3n(n2)C(C(F)(F)F)CC(c2ccc4c(c2)OCO4)N3)cc1. The molecule has 0 radical (unpaired) electrons. The number of carbonyl (C=O) groups is 1. The third-order valence-electron chi connectivity index (χ3n) is 5.64. The second kappa shape index (κ2) is 8.47. The molecule has 2 atom stereocenters. The maximum Gasteiger partial charge on any atom is 0.410 e. The smallest absolute Gasteiger partial charge is 0.410 e. The van der Waals surface area contributed by atoms with Crippen LogP contribution in [-0.2, 0) is 0 Å².